The van der Waals surface area contributed by atoms with Gasteiger partial charge in [-0.05, 0) is 42.8 Å². The van der Waals surface area contributed by atoms with E-state index in [2.05, 4.69) is 10.6 Å². The predicted octanol–water partition coefficient (Wildman–Crippen LogP) is 3.43. The Labute approximate surface area is 140 Å². The van der Waals surface area contributed by atoms with Gasteiger partial charge in [0.1, 0.15) is 0 Å². The summed E-state index contributed by atoms with van der Waals surface area (Å²) >= 11 is 5.80. The lowest BCUT2D eigenvalue weighted by Crippen LogP contribution is -2.33. The maximum atomic E-state index is 13.5. The predicted molar refractivity (Wildman–Crippen MR) is 83.5 cm³/mol. The average molecular weight is 357 g/mol. The number of carbonyl (C=O) groups is 2. The van der Waals surface area contributed by atoms with E-state index in [-0.39, 0.29) is 0 Å². The second-order valence-electron chi connectivity index (χ2n) is 4.91. The van der Waals surface area contributed by atoms with Crippen molar-refractivity contribution in [1.82, 2.24) is 5.32 Å². The molecule has 0 aliphatic heterocycles. The van der Waals surface area contributed by atoms with Crippen LogP contribution in [0.2, 0.25) is 5.02 Å². The number of hydrogen-bond donors (Lipinski definition) is 2. The van der Waals surface area contributed by atoms with Gasteiger partial charge in [-0.3, -0.25) is 9.59 Å². The molecule has 0 aromatic heterocycles. The molecular weight excluding hydrogens is 345 g/mol. The zero-order valence-corrected chi connectivity index (χ0v) is 13.2. The van der Waals surface area contributed by atoms with Gasteiger partial charge in [0.05, 0.1) is 12.1 Å². The zero-order valence-electron chi connectivity index (χ0n) is 12.4. The van der Waals surface area contributed by atoms with Crippen molar-refractivity contribution in [2.24, 2.45) is 0 Å². The van der Waals surface area contributed by atoms with Gasteiger partial charge in [0.15, 0.2) is 17.5 Å². The standard InChI is InChI=1S/C16H12ClF3N2O2/c1-8-6-9(17)2-5-12(8)22-13(23)7-21-16(24)10-3-4-11(18)15(20)14(10)19/h2-6H,7H2,1H3,(H,21,24)(H,22,23). The highest BCUT2D eigenvalue weighted by atomic mass is 35.5. The van der Waals surface area contributed by atoms with Gasteiger partial charge >= 0.3 is 0 Å². The molecule has 24 heavy (non-hydrogen) atoms. The molecule has 2 N–H and O–H groups in total. The van der Waals surface area contributed by atoms with Crippen LogP contribution < -0.4 is 10.6 Å². The minimum absolute atomic E-state index is 0.473. The van der Waals surface area contributed by atoms with Crippen LogP contribution in [-0.4, -0.2) is 18.4 Å². The molecule has 0 saturated carbocycles. The van der Waals surface area contributed by atoms with Gasteiger partial charge in [-0.25, -0.2) is 13.2 Å². The highest BCUT2D eigenvalue weighted by Gasteiger charge is 2.19. The van der Waals surface area contributed by atoms with Gasteiger partial charge in [-0.15, -0.1) is 0 Å². The fourth-order valence-corrected chi connectivity index (χ4v) is 2.15. The van der Waals surface area contributed by atoms with Gasteiger partial charge < -0.3 is 10.6 Å². The van der Waals surface area contributed by atoms with Crippen molar-refractivity contribution < 1.29 is 22.8 Å². The van der Waals surface area contributed by atoms with Crippen molar-refractivity contribution in [3.05, 3.63) is 63.9 Å². The quantitative estimate of drug-likeness (QED) is 0.825. The smallest absolute Gasteiger partial charge is 0.254 e. The second-order valence-corrected chi connectivity index (χ2v) is 5.35. The first-order valence-corrected chi connectivity index (χ1v) is 7.15. The van der Waals surface area contributed by atoms with Crippen LogP contribution in [0.4, 0.5) is 18.9 Å². The first kappa shape index (κ1) is 17.8. The molecule has 126 valence electrons. The number of amides is 2. The lowest BCUT2D eigenvalue weighted by molar-refractivity contribution is -0.115. The van der Waals surface area contributed by atoms with Crippen molar-refractivity contribution >= 4 is 29.1 Å². The minimum atomic E-state index is -1.75. The third-order valence-electron chi connectivity index (χ3n) is 3.15. The van der Waals surface area contributed by atoms with Crippen LogP contribution in [0.15, 0.2) is 30.3 Å². The summed E-state index contributed by atoms with van der Waals surface area (Å²) in [4.78, 5) is 23.6. The average Bonchev–Trinajstić information content (AvgIpc) is 2.53. The van der Waals surface area contributed by atoms with E-state index in [1.165, 1.54) is 0 Å². The molecule has 0 atom stereocenters. The van der Waals surface area contributed by atoms with Gasteiger partial charge in [-0.1, -0.05) is 11.6 Å². The minimum Gasteiger partial charge on any atom is -0.343 e. The van der Waals surface area contributed by atoms with E-state index in [4.69, 9.17) is 11.6 Å². The molecule has 0 heterocycles. The van der Waals surface area contributed by atoms with E-state index < -0.39 is 41.4 Å². The van der Waals surface area contributed by atoms with Crippen molar-refractivity contribution in [3.63, 3.8) is 0 Å². The topological polar surface area (TPSA) is 58.2 Å². The summed E-state index contributed by atoms with van der Waals surface area (Å²) in [7, 11) is 0. The van der Waals surface area contributed by atoms with E-state index in [0.29, 0.717) is 22.3 Å². The molecule has 0 aliphatic carbocycles. The Bertz CT molecular complexity index is 812. The molecular formula is C16H12ClF3N2O2. The monoisotopic (exact) mass is 356 g/mol. The Morgan fingerprint density at radius 3 is 2.46 bits per heavy atom. The van der Waals surface area contributed by atoms with Crippen LogP contribution in [0.1, 0.15) is 15.9 Å². The number of halogens is 4. The molecule has 0 spiro atoms. The SMILES string of the molecule is Cc1cc(Cl)ccc1NC(=O)CNC(=O)c1ccc(F)c(F)c1F. The number of rotatable bonds is 4. The number of anilines is 1. The number of hydrogen-bond acceptors (Lipinski definition) is 2. The Balaban J connectivity index is 1.99. The van der Waals surface area contributed by atoms with Crippen LogP contribution in [0.3, 0.4) is 0 Å². The highest BCUT2D eigenvalue weighted by Crippen LogP contribution is 2.19. The maximum Gasteiger partial charge on any atom is 0.254 e. The number of aryl methyl sites for hydroxylation is 1. The van der Waals surface area contributed by atoms with Crippen LogP contribution in [0.5, 0.6) is 0 Å². The summed E-state index contributed by atoms with van der Waals surface area (Å²) in [6.07, 6.45) is 0. The molecule has 2 aromatic rings. The third kappa shape index (κ3) is 4.05. The highest BCUT2D eigenvalue weighted by molar-refractivity contribution is 6.30. The van der Waals surface area contributed by atoms with Crippen LogP contribution in [0.25, 0.3) is 0 Å². The molecule has 0 unspecified atom stereocenters. The van der Waals surface area contributed by atoms with Crippen LogP contribution in [0, 0.1) is 24.4 Å². The Morgan fingerprint density at radius 2 is 1.79 bits per heavy atom. The summed E-state index contributed by atoms with van der Waals surface area (Å²) in [6.45, 7) is 1.26. The summed E-state index contributed by atoms with van der Waals surface area (Å²) in [5.41, 5.74) is 0.524. The maximum absolute atomic E-state index is 13.5. The summed E-state index contributed by atoms with van der Waals surface area (Å²) in [5, 5.41) is 5.18. The lowest BCUT2D eigenvalue weighted by atomic mass is 10.2. The Kier molecular flexibility index (Phi) is 5.46. The fraction of sp³-hybridized carbons (Fsp3) is 0.125. The van der Waals surface area contributed by atoms with Crippen molar-refractivity contribution in [2.45, 2.75) is 6.92 Å². The Morgan fingerprint density at radius 1 is 1.08 bits per heavy atom. The van der Waals surface area contributed by atoms with Gasteiger partial charge in [0, 0.05) is 10.7 Å². The third-order valence-corrected chi connectivity index (χ3v) is 3.39. The van der Waals surface area contributed by atoms with Crippen molar-refractivity contribution in [3.8, 4) is 0 Å². The van der Waals surface area contributed by atoms with Gasteiger partial charge in [0.25, 0.3) is 5.91 Å². The molecule has 0 aliphatic rings. The molecule has 8 heteroatoms. The number of nitrogens with one attached hydrogen (secondary N) is 2. The van der Waals surface area contributed by atoms with Crippen LogP contribution >= 0.6 is 11.6 Å². The molecule has 2 rings (SSSR count). The summed E-state index contributed by atoms with van der Waals surface area (Å²) < 4.78 is 39.4. The van der Waals surface area contributed by atoms with Gasteiger partial charge in [-0.2, -0.15) is 0 Å². The molecule has 2 amide bonds. The van der Waals surface area contributed by atoms with Gasteiger partial charge in [0.2, 0.25) is 5.91 Å². The van der Waals surface area contributed by atoms with E-state index in [1.54, 1.807) is 25.1 Å². The first-order chi connectivity index (χ1) is 11.3. The Hall–Kier alpha value is -2.54. The summed E-state index contributed by atoms with van der Waals surface area (Å²) in [5.74, 6) is -6.36. The number of benzene rings is 2. The van der Waals surface area contributed by atoms with Crippen molar-refractivity contribution in [1.29, 1.82) is 0 Å². The molecule has 0 fully saturated rings. The summed E-state index contributed by atoms with van der Waals surface area (Å²) in [6, 6.07) is 6.24. The molecule has 0 bridgehead atoms. The van der Waals surface area contributed by atoms with Crippen LogP contribution in [-0.2, 0) is 4.79 Å². The first-order valence-electron chi connectivity index (χ1n) is 6.77. The second kappa shape index (κ2) is 7.35. The zero-order chi connectivity index (χ0) is 17.9. The normalized spacial score (nSPS) is 10.4. The van der Waals surface area contributed by atoms with E-state index in [9.17, 15) is 22.8 Å². The molecule has 4 nitrogen and oxygen atoms in total. The number of carbonyl (C=O) groups excluding carboxylic acids is 2. The van der Waals surface area contributed by atoms with E-state index >= 15 is 0 Å². The van der Waals surface area contributed by atoms with Crippen molar-refractivity contribution in [2.75, 3.05) is 11.9 Å². The molecule has 0 saturated heterocycles. The lowest BCUT2D eigenvalue weighted by Gasteiger charge is -2.10. The molecule has 2 aromatic carbocycles. The van der Waals surface area contributed by atoms with E-state index in [0.717, 1.165) is 6.07 Å². The van der Waals surface area contributed by atoms with E-state index in [1.807, 2.05) is 0 Å². The molecule has 0 radical (unpaired) electrons. The largest absolute Gasteiger partial charge is 0.343 e. The fourth-order valence-electron chi connectivity index (χ4n) is 1.92.